The fourth-order valence-corrected chi connectivity index (χ4v) is 2.08. The smallest absolute Gasteiger partial charge is 0.335 e. The van der Waals surface area contributed by atoms with Crippen molar-refractivity contribution in [3.63, 3.8) is 0 Å². The molecule has 0 bridgehead atoms. The fraction of sp³-hybridized carbons (Fsp3) is 0.455. The maximum absolute atomic E-state index is 11.7. The quantitative estimate of drug-likeness (QED) is 0.602. The predicted octanol–water partition coefficient (Wildman–Crippen LogP) is 0.436. The number of hydrogen-bond donors (Lipinski definition) is 0. The van der Waals surface area contributed by atoms with Gasteiger partial charge in [0.05, 0.1) is 18.6 Å². The first-order valence-electron chi connectivity index (χ1n) is 5.07. The standard InChI is InChI=1S/C11H11NO4/c1-16-11(15)6-5-9(14)12-7-3-2-4-8(13)10(6)7/h5,10H,2-4H2,1H3. The molecule has 0 radical (unpaired) electrons. The van der Waals surface area contributed by atoms with Gasteiger partial charge in [-0.1, -0.05) is 0 Å². The Kier molecular flexibility index (Phi) is 2.68. The predicted molar refractivity (Wildman–Crippen MR) is 54.9 cm³/mol. The monoisotopic (exact) mass is 221 g/mol. The molecule has 1 amide bonds. The molecule has 0 aromatic rings. The zero-order valence-electron chi connectivity index (χ0n) is 8.86. The van der Waals surface area contributed by atoms with Crippen molar-refractivity contribution in [3.8, 4) is 0 Å². The van der Waals surface area contributed by atoms with Gasteiger partial charge in [-0.25, -0.2) is 9.79 Å². The molecule has 2 rings (SSSR count). The lowest BCUT2D eigenvalue weighted by Gasteiger charge is -2.25. The number of nitrogens with zero attached hydrogens (tertiary/aromatic N) is 1. The van der Waals surface area contributed by atoms with Crippen LogP contribution in [0.2, 0.25) is 0 Å². The first kappa shape index (κ1) is 10.7. The van der Waals surface area contributed by atoms with Crippen LogP contribution >= 0.6 is 0 Å². The third-order valence-electron chi connectivity index (χ3n) is 2.78. The number of Topliss-reactive ketones (excluding diaryl/α,β-unsaturated/α-hetero) is 1. The summed E-state index contributed by atoms with van der Waals surface area (Å²) >= 11 is 0. The third-order valence-corrected chi connectivity index (χ3v) is 2.78. The molecule has 16 heavy (non-hydrogen) atoms. The van der Waals surface area contributed by atoms with E-state index >= 15 is 0 Å². The number of carbonyl (C=O) groups excluding carboxylic acids is 3. The Hall–Kier alpha value is -1.78. The Balaban J connectivity index is 2.40. The number of aliphatic imine (C=N–C) groups is 1. The second kappa shape index (κ2) is 4.00. The third kappa shape index (κ3) is 1.68. The summed E-state index contributed by atoms with van der Waals surface area (Å²) in [6.45, 7) is 0. The molecule has 0 saturated heterocycles. The van der Waals surface area contributed by atoms with E-state index in [9.17, 15) is 14.4 Å². The van der Waals surface area contributed by atoms with Gasteiger partial charge < -0.3 is 4.74 Å². The van der Waals surface area contributed by atoms with Gasteiger partial charge in [0, 0.05) is 18.2 Å². The van der Waals surface area contributed by atoms with Crippen LogP contribution in [0.3, 0.4) is 0 Å². The van der Waals surface area contributed by atoms with E-state index in [-0.39, 0.29) is 11.4 Å². The second-order valence-electron chi connectivity index (χ2n) is 3.79. The Labute approximate surface area is 92.2 Å². The minimum Gasteiger partial charge on any atom is -0.466 e. The first-order valence-corrected chi connectivity index (χ1v) is 5.07. The lowest BCUT2D eigenvalue weighted by molar-refractivity contribution is -0.138. The van der Waals surface area contributed by atoms with Crippen LogP contribution < -0.4 is 0 Å². The van der Waals surface area contributed by atoms with Crippen LogP contribution in [0.5, 0.6) is 0 Å². The number of rotatable bonds is 1. The first-order chi connectivity index (χ1) is 7.63. The van der Waals surface area contributed by atoms with Crippen molar-refractivity contribution in [1.29, 1.82) is 0 Å². The maximum Gasteiger partial charge on any atom is 0.335 e. The van der Waals surface area contributed by atoms with Gasteiger partial charge in [0.25, 0.3) is 5.91 Å². The Morgan fingerprint density at radius 3 is 2.88 bits per heavy atom. The topological polar surface area (TPSA) is 72.8 Å². The van der Waals surface area contributed by atoms with E-state index in [1.54, 1.807) is 0 Å². The lowest BCUT2D eigenvalue weighted by atomic mass is 9.79. The Bertz CT molecular complexity index is 433. The molecule has 1 atom stereocenters. The molecule has 0 aromatic carbocycles. The van der Waals surface area contributed by atoms with Gasteiger partial charge in [-0.2, -0.15) is 0 Å². The molecule has 1 aliphatic carbocycles. The summed E-state index contributed by atoms with van der Waals surface area (Å²) in [5.41, 5.74) is 0.631. The summed E-state index contributed by atoms with van der Waals surface area (Å²) < 4.78 is 4.57. The van der Waals surface area contributed by atoms with Crippen LogP contribution in [-0.4, -0.2) is 30.5 Å². The highest BCUT2D eigenvalue weighted by molar-refractivity contribution is 6.21. The lowest BCUT2D eigenvalue weighted by Crippen LogP contribution is -2.36. The zero-order chi connectivity index (χ0) is 11.7. The van der Waals surface area contributed by atoms with Crippen LogP contribution in [0.4, 0.5) is 0 Å². The number of ketones is 1. The van der Waals surface area contributed by atoms with Crippen LogP contribution in [0, 0.1) is 5.92 Å². The number of hydrogen-bond acceptors (Lipinski definition) is 4. The number of ether oxygens (including phenoxy) is 1. The Morgan fingerprint density at radius 1 is 1.44 bits per heavy atom. The highest BCUT2D eigenvalue weighted by atomic mass is 16.5. The van der Waals surface area contributed by atoms with E-state index in [1.165, 1.54) is 7.11 Å². The molecule has 1 saturated carbocycles. The Morgan fingerprint density at radius 2 is 2.19 bits per heavy atom. The molecular weight excluding hydrogens is 210 g/mol. The summed E-state index contributed by atoms with van der Waals surface area (Å²) in [6, 6.07) is 0. The highest BCUT2D eigenvalue weighted by Crippen LogP contribution is 2.28. The minimum atomic E-state index is -0.654. The molecule has 1 fully saturated rings. The molecule has 5 heteroatoms. The van der Waals surface area contributed by atoms with Crippen LogP contribution in [0.15, 0.2) is 16.6 Å². The molecule has 84 valence electrons. The number of amides is 1. The largest absolute Gasteiger partial charge is 0.466 e. The van der Waals surface area contributed by atoms with Gasteiger partial charge in [0.15, 0.2) is 0 Å². The van der Waals surface area contributed by atoms with Crippen molar-refractivity contribution in [3.05, 3.63) is 11.6 Å². The molecule has 1 aliphatic heterocycles. The van der Waals surface area contributed by atoms with E-state index in [2.05, 4.69) is 9.73 Å². The van der Waals surface area contributed by atoms with Crippen molar-refractivity contribution in [2.75, 3.05) is 7.11 Å². The maximum atomic E-state index is 11.7. The normalized spacial score (nSPS) is 24.4. The van der Waals surface area contributed by atoms with Gasteiger partial charge >= 0.3 is 5.97 Å². The van der Waals surface area contributed by atoms with E-state index in [0.29, 0.717) is 25.0 Å². The molecule has 5 nitrogen and oxygen atoms in total. The molecule has 2 aliphatic rings. The van der Waals surface area contributed by atoms with Gasteiger partial charge in [-0.3, -0.25) is 9.59 Å². The highest BCUT2D eigenvalue weighted by Gasteiger charge is 2.38. The molecule has 0 aromatic heterocycles. The molecule has 1 unspecified atom stereocenters. The molecular formula is C11H11NO4. The number of esters is 1. The number of methoxy groups -OCH3 is 1. The SMILES string of the molecule is COC(=O)C1=CC(=O)N=C2CCCC(=O)C12. The van der Waals surface area contributed by atoms with Gasteiger partial charge in [0.1, 0.15) is 5.78 Å². The zero-order valence-corrected chi connectivity index (χ0v) is 8.86. The van der Waals surface area contributed by atoms with Crippen LogP contribution in [0.1, 0.15) is 19.3 Å². The number of dihydropyridines is 1. The fourth-order valence-electron chi connectivity index (χ4n) is 2.08. The minimum absolute atomic E-state index is 0.0610. The van der Waals surface area contributed by atoms with Gasteiger partial charge in [-0.15, -0.1) is 0 Å². The van der Waals surface area contributed by atoms with E-state index in [4.69, 9.17) is 0 Å². The van der Waals surface area contributed by atoms with E-state index in [1.807, 2.05) is 0 Å². The second-order valence-corrected chi connectivity index (χ2v) is 3.79. The van der Waals surface area contributed by atoms with Crippen molar-refractivity contribution in [2.45, 2.75) is 19.3 Å². The molecule has 0 spiro atoms. The van der Waals surface area contributed by atoms with Crippen LogP contribution in [-0.2, 0) is 19.1 Å². The van der Waals surface area contributed by atoms with Crippen LogP contribution in [0.25, 0.3) is 0 Å². The summed E-state index contributed by atoms with van der Waals surface area (Å²) in [5.74, 6) is -1.82. The average molecular weight is 221 g/mol. The molecule has 0 N–H and O–H groups in total. The van der Waals surface area contributed by atoms with Crippen molar-refractivity contribution in [2.24, 2.45) is 10.9 Å². The van der Waals surface area contributed by atoms with Crippen molar-refractivity contribution in [1.82, 2.24) is 0 Å². The summed E-state index contributed by atoms with van der Waals surface area (Å²) in [5, 5.41) is 0. The van der Waals surface area contributed by atoms with Gasteiger partial charge in [-0.05, 0) is 12.8 Å². The summed E-state index contributed by atoms with van der Waals surface area (Å²) in [7, 11) is 1.23. The van der Waals surface area contributed by atoms with E-state index in [0.717, 1.165) is 6.08 Å². The number of fused-ring (bicyclic) bond motifs is 1. The molecule has 1 heterocycles. The van der Waals surface area contributed by atoms with Crippen molar-refractivity contribution < 1.29 is 19.1 Å². The summed E-state index contributed by atoms with van der Waals surface area (Å²) in [4.78, 5) is 38.3. The number of carbonyl (C=O) groups is 3. The van der Waals surface area contributed by atoms with Crippen molar-refractivity contribution >= 4 is 23.4 Å². The van der Waals surface area contributed by atoms with Gasteiger partial charge in [0.2, 0.25) is 0 Å². The summed E-state index contributed by atoms with van der Waals surface area (Å²) in [6.07, 6.45) is 2.81. The average Bonchev–Trinajstić information content (AvgIpc) is 2.27. The van der Waals surface area contributed by atoms with E-state index < -0.39 is 17.8 Å².